The van der Waals surface area contributed by atoms with Crippen LogP contribution in [0.15, 0.2) is 0 Å². The molecule has 18 heavy (non-hydrogen) atoms. The molecule has 0 aromatic rings. The van der Waals surface area contributed by atoms with Gasteiger partial charge >= 0.3 is 0 Å². The Morgan fingerprint density at radius 2 is 1.11 bits per heavy atom. The quantitative estimate of drug-likeness (QED) is 0.385. The van der Waals surface area contributed by atoms with E-state index in [1.807, 2.05) is 0 Å². The van der Waals surface area contributed by atoms with Gasteiger partial charge in [-0.15, -0.1) is 0 Å². The fourth-order valence-corrected chi connectivity index (χ4v) is 3.86. The second kappa shape index (κ2) is 10.9. The second-order valence-corrected chi connectivity index (χ2v) is 6.25. The van der Waals surface area contributed by atoms with Gasteiger partial charge in [-0.05, 0) is 23.7 Å². The van der Waals surface area contributed by atoms with Crippen molar-refractivity contribution in [2.45, 2.75) is 92.9 Å². The summed E-state index contributed by atoms with van der Waals surface area (Å²) in [6.45, 7) is 14.3. The summed E-state index contributed by atoms with van der Waals surface area (Å²) in [6.07, 6.45) is 11.2. The molecule has 0 heteroatoms. The van der Waals surface area contributed by atoms with Gasteiger partial charge in [0.05, 0.1) is 0 Å². The zero-order valence-electron chi connectivity index (χ0n) is 14.0. The van der Waals surface area contributed by atoms with E-state index in [2.05, 4.69) is 41.5 Å². The van der Waals surface area contributed by atoms with Crippen LogP contribution in [-0.2, 0) is 0 Å². The molecule has 0 N–H and O–H groups in total. The van der Waals surface area contributed by atoms with Crippen LogP contribution in [0.1, 0.15) is 92.9 Å². The Morgan fingerprint density at radius 1 is 0.611 bits per heavy atom. The molecule has 0 nitrogen and oxygen atoms in total. The van der Waals surface area contributed by atoms with Gasteiger partial charge in [0.15, 0.2) is 0 Å². The lowest BCUT2D eigenvalue weighted by molar-refractivity contribution is 0.134. The number of hydrogen-bond acceptors (Lipinski definition) is 0. The largest absolute Gasteiger partial charge is 0.0654 e. The van der Waals surface area contributed by atoms with E-state index in [9.17, 15) is 0 Å². The van der Waals surface area contributed by atoms with Crippen molar-refractivity contribution >= 4 is 0 Å². The summed E-state index contributed by atoms with van der Waals surface area (Å²) in [4.78, 5) is 0. The number of hydrogen-bond donors (Lipinski definition) is 0. The van der Waals surface area contributed by atoms with E-state index in [0.717, 1.165) is 23.7 Å². The fourth-order valence-electron chi connectivity index (χ4n) is 3.86. The normalized spacial score (nSPS) is 16.8. The zero-order valence-corrected chi connectivity index (χ0v) is 14.0. The Morgan fingerprint density at radius 3 is 1.44 bits per heavy atom. The molecular formula is C18H38. The Labute approximate surface area is 117 Å². The molecule has 0 bridgehead atoms. The van der Waals surface area contributed by atoms with Gasteiger partial charge in [0.25, 0.3) is 0 Å². The lowest BCUT2D eigenvalue weighted by atomic mass is 9.69. The highest BCUT2D eigenvalue weighted by molar-refractivity contribution is 4.79. The fraction of sp³-hybridized carbons (Fsp3) is 1.00. The maximum atomic E-state index is 2.48. The average molecular weight is 255 g/mol. The summed E-state index contributed by atoms with van der Waals surface area (Å²) in [7, 11) is 0. The van der Waals surface area contributed by atoms with Crippen LogP contribution in [-0.4, -0.2) is 0 Å². The highest BCUT2D eigenvalue weighted by Gasteiger charge is 2.29. The summed E-state index contributed by atoms with van der Waals surface area (Å²) in [5.74, 6) is 3.83. The number of rotatable bonds is 11. The summed E-state index contributed by atoms with van der Waals surface area (Å²) >= 11 is 0. The van der Waals surface area contributed by atoms with Crippen LogP contribution in [0.5, 0.6) is 0 Å². The molecule has 3 unspecified atom stereocenters. The van der Waals surface area contributed by atoms with Crippen molar-refractivity contribution in [2.24, 2.45) is 23.7 Å². The van der Waals surface area contributed by atoms with Gasteiger partial charge in [0.2, 0.25) is 0 Å². The molecule has 0 aromatic carbocycles. The molecule has 0 saturated carbocycles. The van der Waals surface area contributed by atoms with Crippen molar-refractivity contribution in [2.75, 3.05) is 0 Å². The van der Waals surface area contributed by atoms with Gasteiger partial charge < -0.3 is 0 Å². The minimum absolute atomic E-state index is 0.908. The minimum Gasteiger partial charge on any atom is -0.0654 e. The van der Waals surface area contributed by atoms with Crippen LogP contribution in [0, 0.1) is 23.7 Å². The van der Waals surface area contributed by atoms with E-state index in [4.69, 9.17) is 0 Å². The lowest BCUT2D eigenvalue weighted by Crippen LogP contribution is -2.28. The first-order chi connectivity index (χ1) is 8.65. The van der Waals surface area contributed by atoms with E-state index >= 15 is 0 Å². The standard InChI is InChI=1S/C18H38/c1-7-12-16(13-8-2)17(11-5)18(14-9-3)15(6)10-4/h15-18H,7-14H2,1-6H3. The molecule has 0 rings (SSSR count). The highest BCUT2D eigenvalue weighted by atomic mass is 14.3. The van der Waals surface area contributed by atoms with E-state index in [-0.39, 0.29) is 0 Å². The molecule has 0 aliphatic heterocycles. The predicted molar refractivity (Wildman–Crippen MR) is 84.9 cm³/mol. The Hall–Kier alpha value is 0. The molecule has 0 radical (unpaired) electrons. The Bertz CT molecular complexity index is 167. The van der Waals surface area contributed by atoms with Crippen molar-refractivity contribution < 1.29 is 0 Å². The maximum absolute atomic E-state index is 2.48. The van der Waals surface area contributed by atoms with Crippen LogP contribution in [0.2, 0.25) is 0 Å². The van der Waals surface area contributed by atoms with Gasteiger partial charge in [0, 0.05) is 0 Å². The van der Waals surface area contributed by atoms with Crippen LogP contribution in [0.4, 0.5) is 0 Å². The molecule has 0 heterocycles. The molecule has 0 aliphatic rings. The Kier molecular flexibility index (Phi) is 10.9. The highest BCUT2D eigenvalue weighted by Crippen LogP contribution is 2.38. The topological polar surface area (TPSA) is 0 Å². The molecule has 0 aliphatic carbocycles. The van der Waals surface area contributed by atoms with E-state index < -0.39 is 0 Å². The monoisotopic (exact) mass is 254 g/mol. The second-order valence-electron chi connectivity index (χ2n) is 6.25. The summed E-state index contributed by atoms with van der Waals surface area (Å²) in [5.41, 5.74) is 0. The van der Waals surface area contributed by atoms with Crippen LogP contribution < -0.4 is 0 Å². The van der Waals surface area contributed by atoms with Crippen molar-refractivity contribution in [3.05, 3.63) is 0 Å². The SMILES string of the molecule is CCCC(CCC)C(CC)C(CCC)C(C)CC. The van der Waals surface area contributed by atoms with Gasteiger partial charge in [-0.2, -0.15) is 0 Å². The first kappa shape index (κ1) is 18.0. The molecule has 0 spiro atoms. The lowest BCUT2D eigenvalue weighted by Gasteiger charge is -2.36. The summed E-state index contributed by atoms with van der Waals surface area (Å²) < 4.78 is 0. The van der Waals surface area contributed by atoms with Crippen molar-refractivity contribution in [1.29, 1.82) is 0 Å². The minimum atomic E-state index is 0.908. The maximum Gasteiger partial charge on any atom is -0.0358 e. The van der Waals surface area contributed by atoms with Crippen molar-refractivity contribution in [3.63, 3.8) is 0 Å². The van der Waals surface area contributed by atoms with E-state index in [0.29, 0.717) is 0 Å². The van der Waals surface area contributed by atoms with Gasteiger partial charge in [-0.3, -0.25) is 0 Å². The third-order valence-corrected chi connectivity index (χ3v) is 4.94. The third-order valence-electron chi connectivity index (χ3n) is 4.94. The molecule has 3 atom stereocenters. The molecular weight excluding hydrogens is 216 g/mol. The van der Waals surface area contributed by atoms with Crippen molar-refractivity contribution in [1.82, 2.24) is 0 Å². The average Bonchev–Trinajstić information content (AvgIpc) is 2.38. The predicted octanol–water partition coefficient (Wildman–Crippen LogP) is 6.69. The van der Waals surface area contributed by atoms with Crippen LogP contribution in [0.25, 0.3) is 0 Å². The van der Waals surface area contributed by atoms with Crippen LogP contribution in [0.3, 0.4) is 0 Å². The molecule has 0 amide bonds. The van der Waals surface area contributed by atoms with Gasteiger partial charge in [0.1, 0.15) is 0 Å². The molecule has 0 aromatic heterocycles. The van der Waals surface area contributed by atoms with E-state index in [1.54, 1.807) is 0 Å². The van der Waals surface area contributed by atoms with Crippen LogP contribution >= 0.6 is 0 Å². The first-order valence-electron chi connectivity index (χ1n) is 8.65. The molecule has 0 saturated heterocycles. The third kappa shape index (κ3) is 5.76. The smallest absolute Gasteiger partial charge is 0.0358 e. The zero-order chi connectivity index (χ0) is 14.0. The van der Waals surface area contributed by atoms with Crippen molar-refractivity contribution in [3.8, 4) is 0 Å². The Balaban J connectivity index is 4.80. The molecule has 0 fully saturated rings. The summed E-state index contributed by atoms with van der Waals surface area (Å²) in [5, 5.41) is 0. The molecule has 110 valence electrons. The van der Waals surface area contributed by atoms with E-state index in [1.165, 1.54) is 51.4 Å². The first-order valence-corrected chi connectivity index (χ1v) is 8.65. The van der Waals surface area contributed by atoms with Gasteiger partial charge in [-0.25, -0.2) is 0 Å². The summed E-state index contributed by atoms with van der Waals surface area (Å²) in [6, 6.07) is 0. The van der Waals surface area contributed by atoms with Gasteiger partial charge in [-0.1, -0.05) is 92.9 Å².